The Morgan fingerprint density at radius 1 is 1.10 bits per heavy atom. The summed E-state index contributed by atoms with van der Waals surface area (Å²) in [5.74, 6) is 0.623. The van der Waals surface area contributed by atoms with E-state index in [1.54, 1.807) is 23.2 Å². The van der Waals surface area contributed by atoms with E-state index in [9.17, 15) is 9.00 Å². The van der Waals surface area contributed by atoms with Crippen molar-refractivity contribution >= 4 is 22.6 Å². The van der Waals surface area contributed by atoms with E-state index in [4.69, 9.17) is 4.74 Å². The zero-order valence-corrected chi connectivity index (χ0v) is 17.6. The molecule has 0 spiro atoms. The van der Waals surface area contributed by atoms with Crippen molar-refractivity contribution in [3.05, 3.63) is 66.1 Å². The molecule has 7 nitrogen and oxygen atoms in total. The van der Waals surface area contributed by atoms with Crippen LogP contribution in [0.3, 0.4) is 0 Å². The molecule has 8 heteroatoms. The molecule has 1 aliphatic rings. The first-order valence-corrected chi connectivity index (χ1v) is 10.7. The van der Waals surface area contributed by atoms with Crippen LogP contribution in [-0.2, 0) is 28.7 Å². The van der Waals surface area contributed by atoms with E-state index in [1.807, 2.05) is 31.4 Å². The summed E-state index contributed by atoms with van der Waals surface area (Å²) in [6.45, 7) is 0.404. The van der Waals surface area contributed by atoms with Gasteiger partial charge in [-0.1, -0.05) is 6.07 Å². The zero-order valence-electron chi connectivity index (χ0n) is 16.8. The topological polar surface area (TPSA) is 84.4 Å². The van der Waals surface area contributed by atoms with Gasteiger partial charge in [0, 0.05) is 55.9 Å². The number of carbonyl (C=O) groups is 1. The number of rotatable bonds is 6. The van der Waals surface area contributed by atoms with Gasteiger partial charge in [-0.2, -0.15) is 0 Å². The highest BCUT2D eigenvalue weighted by atomic mass is 32.2. The van der Waals surface area contributed by atoms with Crippen LogP contribution in [0.15, 0.2) is 59.9 Å². The third-order valence-electron chi connectivity index (χ3n) is 5.09. The fourth-order valence-corrected chi connectivity index (χ4v) is 4.21. The number of aromatic nitrogens is 2. The summed E-state index contributed by atoms with van der Waals surface area (Å²) in [4.78, 5) is 22.6. The lowest BCUT2D eigenvalue weighted by atomic mass is 9.96. The van der Waals surface area contributed by atoms with Crippen LogP contribution in [0, 0.1) is 0 Å². The molecule has 0 fully saturated rings. The smallest absolute Gasteiger partial charge is 0.227 e. The van der Waals surface area contributed by atoms with Gasteiger partial charge in [0.15, 0.2) is 0 Å². The number of ether oxygens (including phenoxy) is 1. The number of hydrogen-bond acceptors (Lipinski definition) is 5. The van der Waals surface area contributed by atoms with E-state index in [1.165, 1.54) is 13.3 Å². The van der Waals surface area contributed by atoms with Crippen LogP contribution in [0.4, 0.5) is 5.69 Å². The third-order valence-corrected chi connectivity index (χ3v) is 6.17. The summed E-state index contributed by atoms with van der Waals surface area (Å²) in [7, 11) is 1.96. The number of benzene rings is 1. The second-order valence-corrected chi connectivity index (χ2v) is 8.30. The Morgan fingerprint density at radius 3 is 2.73 bits per heavy atom. The van der Waals surface area contributed by atoms with Gasteiger partial charge in [0.2, 0.25) is 11.8 Å². The van der Waals surface area contributed by atoms with Gasteiger partial charge in [-0.15, -0.1) is 0 Å². The molecule has 0 radical (unpaired) electrons. The molecule has 0 aliphatic carbocycles. The Labute approximate surface area is 177 Å². The first-order chi connectivity index (χ1) is 14.5. The number of anilines is 1. The number of pyridine rings is 2. The molecule has 4 rings (SSSR count). The highest BCUT2D eigenvalue weighted by Gasteiger charge is 2.21. The van der Waals surface area contributed by atoms with E-state index < -0.39 is 11.0 Å². The summed E-state index contributed by atoms with van der Waals surface area (Å²) in [6, 6.07) is 11.5. The van der Waals surface area contributed by atoms with Crippen molar-refractivity contribution in [2.75, 3.05) is 19.1 Å². The average molecular weight is 423 g/mol. The maximum Gasteiger partial charge on any atom is 0.227 e. The van der Waals surface area contributed by atoms with Crippen LogP contribution in [0.25, 0.3) is 11.1 Å². The maximum atomic E-state index is 12.5. The minimum absolute atomic E-state index is 0.144. The van der Waals surface area contributed by atoms with Gasteiger partial charge in [0.25, 0.3) is 0 Å². The summed E-state index contributed by atoms with van der Waals surface area (Å²) < 4.78 is 20.5. The Kier molecular flexibility index (Phi) is 5.87. The van der Waals surface area contributed by atoms with Gasteiger partial charge in [0.1, 0.15) is 11.0 Å². The van der Waals surface area contributed by atoms with Crippen LogP contribution in [0.5, 0.6) is 5.88 Å². The zero-order chi connectivity index (χ0) is 21.1. The average Bonchev–Trinajstić information content (AvgIpc) is 2.80. The minimum Gasteiger partial charge on any atom is -0.481 e. The lowest BCUT2D eigenvalue weighted by Crippen LogP contribution is -2.30. The van der Waals surface area contributed by atoms with Crippen LogP contribution in [-0.4, -0.2) is 34.2 Å². The molecule has 1 N–H and O–H groups in total. The molecule has 0 saturated carbocycles. The van der Waals surface area contributed by atoms with E-state index in [0.717, 1.165) is 34.4 Å². The molecule has 2 aromatic heterocycles. The lowest BCUT2D eigenvalue weighted by Gasteiger charge is -2.26. The molecule has 1 aromatic carbocycles. The lowest BCUT2D eigenvalue weighted by molar-refractivity contribution is -0.118. The number of nitrogens with zero attached hydrogens (tertiary/aromatic N) is 3. The fraction of sp³-hybridized carbons (Fsp3) is 0.227. The molecule has 0 bridgehead atoms. The molecule has 154 valence electrons. The molecule has 3 aromatic rings. The van der Waals surface area contributed by atoms with Crippen LogP contribution in [0.2, 0.25) is 0 Å². The Bertz CT molecular complexity index is 1100. The van der Waals surface area contributed by atoms with E-state index >= 15 is 0 Å². The van der Waals surface area contributed by atoms with Gasteiger partial charge in [-0.05, 0) is 47.4 Å². The monoisotopic (exact) mass is 422 g/mol. The molecular formula is C22H22N4O3S. The van der Waals surface area contributed by atoms with Crippen molar-refractivity contribution in [2.24, 2.45) is 0 Å². The van der Waals surface area contributed by atoms with E-state index in [-0.39, 0.29) is 5.91 Å². The molecule has 1 aliphatic heterocycles. The standard InChI is InChI=1S/C22H22N4O3S/c1-26-20-6-3-16(10-17(20)4-8-22(26)27)18-9-15(11-23-13-18)12-25-30(28)19-5-7-21(29-2)24-14-19/h3,5-7,9-11,13-14,25H,4,8,12H2,1-2H3. The molecular weight excluding hydrogens is 400 g/mol. The SMILES string of the molecule is COc1ccc(S(=O)NCc2cncc(-c3ccc4c(c3)CCC(=O)N4C)c2)cn1. The van der Waals surface area contributed by atoms with Crippen molar-refractivity contribution in [3.8, 4) is 17.0 Å². The first-order valence-electron chi connectivity index (χ1n) is 9.54. The Balaban J connectivity index is 1.47. The number of hydrogen-bond donors (Lipinski definition) is 1. The maximum absolute atomic E-state index is 12.5. The Hall–Kier alpha value is -3.10. The van der Waals surface area contributed by atoms with Crippen LogP contribution < -0.4 is 14.4 Å². The molecule has 0 saturated heterocycles. The van der Waals surface area contributed by atoms with E-state index in [2.05, 4.69) is 20.8 Å². The van der Waals surface area contributed by atoms with Crippen LogP contribution >= 0.6 is 0 Å². The normalized spacial score (nSPS) is 14.3. The molecule has 3 heterocycles. The third kappa shape index (κ3) is 4.24. The van der Waals surface area contributed by atoms with Crippen molar-refractivity contribution in [1.29, 1.82) is 0 Å². The molecule has 1 atom stereocenters. The largest absolute Gasteiger partial charge is 0.481 e. The first kappa shape index (κ1) is 20.2. The number of aryl methyl sites for hydroxylation is 1. The quantitative estimate of drug-likeness (QED) is 0.660. The second kappa shape index (κ2) is 8.73. The highest BCUT2D eigenvalue weighted by molar-refractivity contribution is 7.83. The van der Waals surface area contributed by atoms with Crippen molar-refractivity contribution in [3.63, 3.8) is 0 Å². The number of nitrogens with one attached hydrogen (secondary N) is 1. The summed E-state index contributed by atoms with van der Waals surface area (Å²) in [6.07, 6.45) is 6.38. The number of methoxy groups -OCH3 is 1. The predicted molar refractivity (Wildman–Crippen MR) is 115 cm³/mol. The van der Waals surface area contributed by atoms with Crippen LogP contribution in [0.1, 0.15) is 17.5 Å². The number of fused-ring (bicyclic) bond motifs is 1. The van der Waals surface area contributed by atoms with Gasteiger partial charge < -0.3 is 9.64 Å². The Morgan fingerprint density at radius 2 is 1.97 bits per heavy atom. The van der Waals surface area contributed by atoms with Gasteiger partial charge in [-0.25, -0.2) is 13.9 Å². The van der Waals surface area contributed by atoms with Gasteiger partial charge in [-0.3, -0.25) is 9.78 Å². The van der Waals surface area contributed by atoms with Gasteiger partial charge in [0.05, 0.1) is 12.0 Å². The van der Waals surface area contributed by atoms with Crippen molar-refractivity contribution in [1.82, 2.24) is 14.7 Å². The molecule has 1 unspecified atom stereocenters. The number of carbonyl (C=O) groups excluding carboxylic acids is 1. The van der Waals surface area contributed by atoms with Crippen molar-refractivity contribution in [2.45, 2.75) is 24.3 Å². The summed E-state index contributed by atoms with van der Waals surface area (Å²) in [5.41, 5.74) is 5.07. The summed E-state index contributed by atoms with van der Waals surface area (Å²) in [5, 5.41) is 0. The van der Waals surface area contributed by atoms with Gasteiger partial charge >= 0.3 is 0 Å². The summed E-state index contributed by atoms with van der Waals surface area (Å²) >= 11 is 0. The second-order valence-electron chi connectivity index (χ2n) is 7.00. The predicted octanol–water partition coefficient (Wildman–Crippen LogP) is 2.87. The fourth-order valence-electron chi connectivity index (χ4n) is 3.41. The van der Waals surface area contributed by atoms with E-state index in [0.29, 0.717) is 23.7 Å². The highest BCUT2D eigenvalue weighted by Crippen LogP contribution is 2.31. The number of amides is 1. The minimum atomic E-state index is -1.39. The molecule has 30 heavy (non-hydrogen) atoms. The molecule has 1 amide bonds. The van der Waals surface area contributed by atoms with Crippen molar-refractivity contribution < 1.29 is 13.7 Å².